The van der Waals surface area contributed by atoms with Crippen molar-refractivity contribution in [3.8, 4) is 0 Å². The molecular formula is C15H18O4. The minimum absolute atomic E-state index is 0.550. The van der Waals surface area contributed by atoms with Crippen molar-refractivity contribution in [3.63, 3.8) is 0 Å². The van der Waals surface area contributed by atoms with Crippen LogP contribution in [0.25, 0.3) is 6.08 Å². The van der Waals surface area contributed by atoms with E-state index >= 15 is 0 Å². The lowest BCUT2D eigenvalue weighted by Gasteiger charge is -2.26. The van der Waals surface area contributed by atoms with Gasteiger partial charge < -0.3 is 9.84 Å². The molecule has 0 fully saturated rings. The van der Waals surface area contributed by atoms with Crippen LogP contribution in [0.2, 0.25) is 0 Å². The van der Waals surface area contributed by atoms with E-state index in [-0.39, 0.29) is 0 Å². The van der Waals surface area contributed by atoms with Crippen LogP contribution in [0, 0.1) is 5.41 Å². The number of hydrogen-bond donors (Lipinski definition) is 1. The Morgan fingerprint density at radius 1 is 1.26 bits per heavy atom. The van der Waals surface area contributed by atoms with E-state index < -0.39 is 23.5 Å². The Bertz CT molecular complexity index is 474. The standard InChI is InChI=1S/C15H18O4/c1-11(15(2,3)14(17)18)19-13(16)10-9-12-7-5-4-6-8-12/h4-11H,1-3H3,(H,17,18)/b10-9+. The van der Waals surface area contributed by atoms with E-state index in [0.717, 1.165) is 5.56 Å². The number of carboxylic acid groups (broad SMARTS) is 1. The zero-order valence-electron chi connectivity index (χ0n) is 11.3. The first kappa shape index (κ1) is 15.0. The van der Waals surface area contributed by atoms with Crippen LogP contribution in [0.15, 0.2) is 36.4 Å². The lowest BCUT2D eigenvalue weighted by atomic mass is 9.88. The summed E-state index contributed by atoms with van der Waals surface area (Å²) in [6.45, 7) is 4.62. The number of hydrogen-bond acceptors (Lipinski definition) is 3. The molecule has 0 spiro atoms. The number of carbonyl (C=O) groups is 2. The van der Waals surface area contributed by atoms with Crippen LogP contribution in [0.1, 0.15) is 26.3 Å². The molecule has 19 heavy (non-hydrogen) atoms. The molecule has 4 heteroatoms. The van der Waals surface area contributed by atoms with Crippen molar-refractivity contribution < 1.29 is 19.4 Å². The summed E-state index contributed by atoms with van der Waals surface area (Å²) in [5, 5.41) is 9.02. The predicted molar refractivity (Wildman–Crippen MR) is 72.4 cm³/mol. The Balaban J connectivity index is 2.61. The normalized spacial score (nSPS) is 13.2. The Labute approximate surface area is 112 Å². The van der Waals surface area contributed by atoms with Crippen molar-refractivity contribution in [2.45, 2.75) is 26.9 Å². The molecule has 1 aromatic carbocycles. The van der Waals surface area contributed by atoms with Gasteiger partial charge in [0.2, 0.25) is 0 Å². The van der Waals surface area contributed by atoms with Gasteiger partial charge >= 0.3 is 11.9 Å². The fourth-order valence-electron chi connectivity index (χ4n) is 1.26. The highest BCUT2D eigenvalue weighted by Gasteiger charge is 2.36. The summed E-state index contributed by atoms with van der Waals surface area (Å²) in [5.41, 5.74) is -0.236. The number of carbonyl (C=O) groups excluding carboxylic acids is 1. The second-order valence-corrected chi connectivity index (χ2v) is 4.85. The van der Waals surface area contributed by atoms with Gasteiger partial charge in [0, 0.05) is 6.08 Å². The van der Waals surface area contributed by atoms with Gasteiger partial charge in [-0.3, -0.25) is 4.79 Å². The van der Waals surface area contributed by atoms with Gasteiger partial charge in [0.25, 0.3) is 0 Å². The van der Waals surface area contributed by atoms with Crippen molar-refractivity contribution in [2.75, 3.05) is 0 Å². The van der Waals surface area contributed by atoms with E-state index in [1.807, 2.05) is 30.3 Å². The van der Waals surface area contributed by atoms with Crippen LogP contribution in [-0.2, 0) is 14.3 Å². The first-order chi connectivity index (χ1) is 8.84. The minimum atomic E-state index is -1.11. The van der Waals surface area contributed by atoms with Crippen LogP contribution in [-0.4, -0.2) is 23.1 Å². The SMILES string of the molecule is CC(OC(=O)/C=C/c1ccccc1)C(C)(C)C(=O)O. The molecule has 102 valence electrons. The summed E-state index contributed by atoms with van der Waals surface area (Å²) in [7, 11) is 0. The largest absolute Gasteiger partial charge is 0.481 e. The van der Waals surface area contributed by atoms with Crippen molar-refractivity contribution >= 4 is 18.0 Å². The molecule has 0 aliphatic rings. The van der Waals surface area contributed by atoms with Crippen molar-refractivity contribution in [1.82, 2.24) is 0 Å². The second kappa shape index (κ2) is 6.18. The molecule has 0 aliphatic heterocycles. The summed E-state index contributed by atoms with van der Waals surface area (Å²) in [4.78, 5) is 22.6. The van der Waals surface area contributed by atoms with Gasteiger partial charge in [-0.05, 0) is 32.4 Å². The fraction of sp³-hybridized carbons (Fsp3) is 0.333. The van der Waals surface area contributed by atoms with Gasteiger partial charge in [-0.2, -0.15) is 0 Å². The van der Waals surface area contributed by atoms with Crippen LogP contribution in [0.5, 0.6) is 0 Å². The van der Waals surface area contributed by atoms with Gasteiger partial charge in [-0.25, -0.2) is 4.79 Å². The van der Waals surface area contributed by atoms with Crippen LogP contribution >= 0.6 is 0 Å². The number of carboxylic acids is 1. The summed E-state index contributed by atoms with van der Waals surface area (Å²) in [5.74, 6) is -1.55. The maximum atomic E-state index is 11.6. The van der Waals surface area contributed by atoms with Gasteiger partial charge in [-0.1, -0.05) is 30.3 Å². The molecule has 0 aliphatic carbocycles. The first-order valence-corrected chi connectivity index (χ1v) is 6.01. The maximum absolute atomic E-state index is 11.6. The quantitative estimate of drug-likeness (QED) is 0.654. The van der Waals surface area contributed by atoms with Crippen molar-refractivity contribution in [2.24, 2.45) is 5.41 Å². The lowest BCUT2D eigenvalue weighted by molar-refractivity contribution is -0.161. The van der Waals surface area contributed by atoms with Crippen molar-refractivity contribution in [1.29, 1.82) is 0 Å². The molecule has 1 aromatic rings. The third-order valence-corrected chi connectivity index (χ3v) is 3.07. The number of ether oxygens (including phenoxy) is 1. The molecule has 0 bridgehead atoms. The number of benzene rings is 1. The van der Waals surface area contributed by atoms with E-state index in [1.165, 1.54) is 19.9 Å². The summed E-state index contributed by atoms with van der Waals surface area (Å²) in [6, 6.07) is 9.32. The van der Waals surface area contributed by atoms with Crippen molar-refractivity contribution in [3.05, 3.63) is 42.0 Å². The number of rotatable bonds is 5. The summed E-state index contributed by atoms with van der Waals surface area (Å²) >= 11 is 0. The average Bonchev–Trinajstić information content (AvgIpc) is 2.37. The number of esters is 1. The van der Waals surface area contributed by atoms with E-state index in [4.69, 9.17) is 9.84 Å². The zero-order valence-corrected chi connectivity index (χ0v) is 11.3. The van der Waals surface area contributed by atoms with Gasteiger partial charge in [0.15, 0.2) is 0 Å². The predicted octanol–water partition coefficient (Wildman–Crippen LogP) is 2.74. The van der Waals surface area contributed by atoms with Crippen LogP contribution in [0.3, 0.4) is 0 Å². The van der Waals surface area contributed by atoms with Crippen LogP contribution in [0.4, 0.5) is 0 Å². The Morgan fingerprint density at radius 3 is 2.37 bits per heavy atom. The topological polar surface area (TPSA) is 63.6 Å². The zero-order chi connectivity index (χ0) is 14.5. The molecule has 4 nitrogen and oxygen atoms in total. The lowest BCUT2D eigenvalue weighted by Crippen LogP contribution is -2.38. The monoisotopic (exact) mass is 262 g/mol. The first-order valence-electron chi connectivity index (χ1n) is 6.01. The molecule has 1 atom stereocenters. The Hall–Kier alpha value is -2.10. The maximum Gasteiger partial charge on any atom is 0.331 e. The van der Waals surface area contributed by atoms with Gasteiger partial charge in [0.05, 0.1) is 5.41 Å². The molecule has 1 rings (SSSR count). The fourth-order valence-corrected chi connectivity index (χ4v) is 1.26. The molecule has 0 heterocycles. The molecule has 0 radical (unpaired) electrons. The van der Waals surface area contributed by atoms with E-state index in [9.17, 15) is 9.59 Å². The molecular weight excluding hydrogens is 244 g/mol. The molecule has 1 unspecified atom stereocenters. The highest BCUT2D eigenvalue weighted by atomic mass is 16.5. The summed E-state index contributed by atoms with van der Waals surface area (Å²) in [6.07, 6.45) is 2.21. The second-order valence-electron chi connectivity index (χ2n) is 4.85. The van der Waals surface area contributed by atoms with Gasteiger partial charge in [0.1, 0.15) is 6.10 Å². The van der Waals surface area contributed by atoms with Crippen LogP contribution < -0.4 is 0 Å². The summed E-state index contributed by atoms with van der Waals surface area (Å²) < 4.78 is 5.09. The Kier molecular flexibility index (Phi) is 4.87. The highest BCUT2D eigenvalue weighted by molar-refractivity contribution is 5.87. The highest BCUT2D eigenvalue weighted by Crippen LogP contribution is 2.23. The van der Waals surface area contributed by atoms with Gasteiger partial charge in [-0.15, -0.1) is 0 Å². The molecule has 0 saturated heterocycles. The van der Waals surface area contributed by atoms with E-state index in [2.05, 4.69) is 0 Å². The third-order valence-electron chi connectivity index (χ3n) is 3.07. The van der Waals surface area contributed by atoms with E-state index in [1.54, 1.807) is 13.0 Å². The molecule has 1 N–H and O–H groups in total. The molecule has 0 aromatic heterocycles. The van der Waals surface area contributed by atoms with E-state index in [0.29, 0.717) is 0 Å². The average molecular weight is 262 g/mol. The number of aliphatic carboxylic acids is 1. The molecule has 0 saturated carbocycles. The third kappa shape index (κ3) is 4.25. The minimum Gasteiger partial charge on any atom is -0.481 e. The molecule has 0 amide bonds. The Morgan fingerprint density at radius 2 is 1.84 bits per heavy atom. The smallest absolute Gasteiger partial charge is 0.331 e.